The second-order valence-electron chi connectivity index (χ2n) is 3.79. The van der Waals surface area contributed by atoms with Crippen LogP contribution in [-0.4, -0.2) is 26.7 Å². The molecule has 0 aliphatic heterocycles. The summed E-state index contributed by atoms with van der Waals surface area (Å²) in [5.74, 6) is 0. The van der Waals surface area contributed by atoms with Gasteiger partial charge in [0, 0.05) is 0 Å². The van der Waals surface area contributed by atoms with Gasteiger partial charge in [0.05, 0.1) is 0 Å². The summed E-state index contributed by atoms with van der Waals surface area (Å²) >= 11 is 0.416. The van der Waals surface area contributed by atoms with Crippen LogP contribution in [0.5, 0.6) is 0 Å². The van der Waals surface area contributed by atoms with Crippen molar-refractivity contribution in [3.63, 3.8) is 0 Å². The summed E-state index contributed by atoms with van der Waals surface area (Å²) in [5.41, 5.74) is 0. The van der Waals surface area contributed by atoms with Crippen molar-refractivity contribution < 1.29 is 5.11 Å². The predicted molar refractivity (Wildman–Crippen MR) is 75.7 cm³/mol. The van der Waals surface area contributed by atoms with E-state index in [9.17, 15) is 0 Å². The molecule has 17 heavy (non-hydrogen) atoms. The quantitative estimate of drug-likeness (QED) is 0.444. The normalized spacial score (nSPS) is 11.5. The topological polar surface area (TPSA) is 20.2 Å². The molecule has 0 atom stereocenters. The van der Waals surface area contributed by atoms with Gasteiger partial charge in [0.1, 0.15) is 0 Å². The standard InChI is InChI=1S/C15H20OSe/c1-2-3-9-14(12-7-8-13-16)17-15-10-5-4-6-11-15/h2,4-6,9-11,16H,1,3,7-8,12-13H2/b14-9-. The number of aliphatic hydroxyl groups excluding tert-OH is 1. The van der Waals surface area contributed by atoms with Crippen molar-refractivity contribution in [2.75, 3.05) is 6.61 Å². The van der Waals surface area contributed by atoms with E-state index < -0.39 is 0 Å². The van der Waals surface area contributed by atoms with Gasteiger partial charge in [0.15, 0.2) is 0 Å². The van der Waals surface area contributed by atoms with Gasteiger partial charge in [-0.1, -0.05) is 0 Å². The molecule has 1 aromatic rings. The Morgan fingerprint density at radius 3 is 2.65 bits per heavy atom. The minimum atomic E-state index is 0.299. The van der Waals surface area contributed by atoms with Crippen molar-refractivity contribution in [3.8, 4) is 0 Å². The van der Waals surface area contributed by atoms with E-state index in [-0.39, 0.29) is 0 Å². The molecule has 1 nitrogen and oxygen atoms in total. The molecule has 0 aliphatic carbocycles. The summed E-state index contributed by atoms with van der Waals surface area (Å²) in [6.45, 7) is 4.06. The number of allylic oxidation sites excluding steroid dienone is 3. The zero-order valence-electron chi connectivity index (χ0n) is 10.1. The molecule has 0 bridgehead atoms. The molecule has 0 amide bonds. The van der Waals surface area contributed by atoms with Crippen LogP contribution in [0.4, 0.5) is 0 Å². The van der Waals surface area contributed by atoms with Crippen LogP contribution < -0.4 is 4.46 Å². The van der Waals surface area contributed by atoms with Gasteiger partial charge >= 0.3 is 110 Å². The monoisotopic (exact) mass is 296 g/mol. The minimum absolute atomic E-state index is 0.299. The van der Waals surface area contributed by atoms with Gasteiger partial charge in [-0.05, 0) is 0 Å². The molecule has 0 aliphatic rings. The van der Waals surface area contributed by atoms with E-state index >= 15 is 0 Å². The fourth-order valence-electron chi connectivity index (χ4n) is 1.46. The first-order valence-corrected chi connectivity index (χ1v) is 7.72. The maximum absolute atomic E-state index is 8.81. The van der Waals surface area contributed by atoms with Crippen LogP contribution in [0.2, 0.25) is 0 Å². The van der Waals surface area contributed by atoms with E-state index in [4.69, 9.17) is 5.11 Å². The molecular formula is C15H20OSe. The van der Waals surface area contributed by atoms with Crippen LogP contribution in [0.25, 0.3) is 0 Å². The van der Waals surface area contributed by atoms with Crippen LogP contribution in [0, 0.1) is 0 Å². The van der Waals surface area contributed by atoms with Crippen molar-refractivity contribution in [1.82, 2.24) is 0 Å². The van der Waals surface area contributed by atoms with Crippen molar-refractivity contribution >= 4 is 19.4 Å². The number of hydrogen-bond donors (Lipinski definition) is 1. The molecule has 92 valence electrons. The first-order valence-electron chi connectivity index (χ1n) is 6.00. The van der Waals surface area contributed by atoms with E-state index in [1.165, 1.54) is 8.93 Å². The molecule has 1 aromatic carbocycles. The Hall–Kier alpha value is -0.821. The van der Waals surface area contributed by atoms with E-state index in [0.717, 1.165) is 25.7 Å². The van der Waals surface area contributed by atoms with E-state index in [0.29, 0.717) is 21.6 Å². The van der Waals surface area contributed by atoms with Gasteiger partial charge in [0.25, 0.3) is 0 Å². The second kappa shape index (κ2) is 9.23. The summed E-state index contributed by atoms with van der Waals surface area (Å²) in [6, 6.07) is 10.6. The molecule has 0 saturated heterocycles. The number of rotatable bonds is 8. The van der Waals surface area contributed by atoms with Crippen molar-refractivity contribution in [2.45, 2.75) is 25.7 Å². The third kappa shape index (κ3) is 6.47. The molecule has 2 heteroatoms. The van der Waals surface area contributed by atoms with E-state index in [2.05, 4.69) is 43.0 Å². The Morgan fingerprint density at radius 2 is 2.00 bits per heavy atom. The van der Waals surface area contributed by atoms with Crippen molar-refractivity contribution in [3.05, 3.63) is 53.5 Å². The first kappa shape index (κ1) is 14.2. The molecule has 0 aromatic heterocycles. The van der Waals surface area contributed by atoms with Gasteiger partial charge < -0.3 is 0 Å². The van der Waals surface area contributed by atoms with E-state index in [1.54, 1.807) is 0 Å². The van der Waals surface area contributed by atoms with Crippen LogP contribution in [0.15, 0.2) is 53.5 Å². The van der Waals surface area contributed by atoms with Crippen LogP contribution in [-0.2, 0) is 0 Å². The molecular weight excluding hydrogens is 275 g/mol. The van der Waals surface area contributed by atoms with Crippen molar-refractivity contribution in [1.29, 1.82) is 0 Å². The Kier molecular flexibility index (Phi) is 7.74. The summed E-state index contributed by atoms with van der Waals surface area (Å²) in [4.78, 5) is 0. The average molecular weight is 295 g/mol. The molecule has 0 unspecified atom stereocenters. The molecule has 1 rings (SSSR count). The second-order valence-corrected chi connectivity index (χ2v) is 6.31. The molecule has 0 heterocycles. The molecule has 0 radical (unpaired) electrons. The third-order valence-corrected chi connectivity index (χ3v) is 4.73. The van der Waals surface area contributed by atoms with Gasteiger partial charge in [-0.25, -0.2) is 0 Å². The van der Waals surface area contributed by atoms with Crippen LogP contribution in [0.3, 0.4) is 0 Å². The number of unbranched alkanes of at least 4 members (excludes halogenated alkanes) is 1. The van der Waals surface area contributed by atoms with Crippen molar-refractivity contribution in [2.24, 2.45) is 0 Å². The molecule has 0 spiro atoms. The predicted octanol–water partition coefficient (Wildman–Crippen LogP) is 2.64. The SMILES string of the molecule is C=CC/C=C(/CCCCO)[Se]c1ccccc1. The Bertz CT molecular complexity index is 343. The summed E-state index contributed by atoms with van der Waals surface area (Å²) in [7, 11) is 0. The summed E-state index contributed by atoms with van der Waals surface area (Å²) in [6.07, 6.45) is 8.25. The Balaban J connectivity index is 2.54. The van der Waals surface area contributed by atoms with Crippen LogP contribution in [0.1, 0.15) is 25.7 Å². The number of hydrogen-bond acceptors (Lipinski definition) is 1. The summed E-state index contributed by atoms with van der Waals surface area (Å²) in [5, 5.41) is 8.81. The fraction of sp³-hybridized carbons (Fsp3) is 0.333. The summed E-state index contributed by atoms with van der Waals surface area (Å²) < 4.78 is 2.93. The first-order chi connectivity index (χ1) is 8.36. The van der Waals surface area contributed by atoms with Gasteiger partial charge in [0.2, 0.25) is 0 Å². The van der Waals surface area contributed by atoms with E-state index in [1.807, 2.05) is 6.08 Å². The average Bonchev–Trinajstić information content (AvgIpc) is 2.37. The molecule has 0 saturated carbocycles. The zero-order chi connectivity index (χ0) is 12.3. The Labute approximate surface area is 110 Å². The Morgan fingerprint density at radius 1 is 1.24 bits per heavy atom. The van der Waals surface area contributed by atoms with Gasteiger partial charge in [-0.15, -0.1) is 0 Å². The third-order valence-electron chi connectivity index (χ3n) is 2.34. The molecule has 1 N–H and O–H groups in total. The maximum atomic E-state index is 8.81. The number of aliphatic hydroxyl groups is 1. The van der Waals surface area contributed by atoms with Gasteiger partial charge in [-0.2, -0.15) is 0 Å². The van der Waals surface area contributed by atoms with Gasteiger partial charge in [-0.3, -0.25) is 0 Å². The fourth-order valence-corrected chi connectivity index (χ4v) is 3.60. The zero-order valence-corrected chi connectivity index (χ0v) is 11.9. The number of benzene rings is 1. The van der Waals surface area contributed by atoms with Crippen LogP contribution >= 0.6 is 0 Å². The molecule has 0 fully saturated rings.